The van der Waals surface area contributed by atoms with Gasteiger partial charge in [0.05, 0.1) is 52.4 Å². The molecular weight excluding hydrogens is 1460 g/mol. The number of aryl methyl sites for hydroxylation is 2. The number of phosphoric ester groups is 1. The number of hydrogen-bond donors (Lipinski definition) is 4. The van der Waals surface area contributed by atoms with Crippen molar-refractivity contribution in [3.8, 4) is 17.2 Å². The number of aromatic amines is 2. The van der Waals surface area contributed by atoms with Gasteiger partial charge in [-0.15, -0.1) is 0 Å². The van der Waals surface area contributed by atoms with Crippen LogP contribution >= 0.6 is 7.82 Å². The molecule has 24 nitrogen and oxygen atoms in total. The van der Waals surface area contributed by atoms with E-state index in [0.717, 1.165) is 66.9 Å². The molecule has 646 valence electrons. The predicted molar refractivity (Wildman–Crippen MR) is 446 cm³/mol. The quantitative estimate of drug-likeness (QED) is 0.0232. The van der Waals surface area contributed by atoms with Gasteiger partial charge in [-0.2, -0.15) is 0 Å². The Balaban J connectivity index is 1.18. The van der Waals surface area contributed by atoms with Crippen molar-refractivity contribution in [3.05, 3.63) is 82.9 Å². The summed E-state index contributed by atoms with van der Waals surface area (Å²) in [6.45, 7) is 9.52. The third-order valence-electron chi connectivity index (χ3n) is 22.0. The summed E-state index contributed by atoms with van der Waals surface area (Å²) in [6.07, 6.45) is 54.7. The number of aromatic nitrogens is 4. The lowest BCUT2D eigenvalue weighted by atomic mass is 10.0. The summed E-state index contributed by atoms with van der Waals surface area (Å²) in [5, 5.41) is 10.1. The molecule has 2 fully saturated rings. The molecule has 113 heavy (non-hydrogen) atoms. The van der Waals surface area contributed by atoms with E-state index in [-0.39, 0.29) is 43.0 Å². The van der Waals surface area contributed by atoms with Crippen LogP contribution in [0.4, 0.5) is 0 Å². The Kier molecular flexibility index (Phi) is 52.0. The van der Waals surface area contributed by atoms with E-state index in [1.54, 1.807) is 19.2 Å². The van der Waals surface area contributed by atoms with Crippen LogP contribution in [0.15, 0.2) is 43.7 Å². The fourth-order valence-corrected chi connectivity index (χ4v) is 15.9. The first-order valence-corrected chi connectivity index (χ1v) is 46.3. The first-order chi connectivity index (χ1) is 54.9. The maximum atomic E-state index is 14.5. The fourth-order valence-electron chi connectivity index (χ4n) is 14.9. The van der Waals surface area contributed by atoms with Gasteiger partial charge in [-0.3, -0.25) is 52.1 Å². The van der Waals surface area contributed by atoms with Crippen molar-refractivity contribution in [2.24, 2.45) is 0 Å². The summed E-state index contributed by atoms with van der Waals surface area (Å²) >= 11 is 0. The molecule has 2 aliphatic heterocycles. The number of H-pyrrole nitrogens is 2. The largest absolute Gasteiger partial charge is 0.490 e. The van der Waals surface area contributed by atoms with Gasteiger partial charge in [0, 0.05) is 49.0 Å². The van der Waals surface area contributed by atoms with E-state index in [9.17, 15) is 48.1 Å². The van der Waals surface area contributed by atoms with Gasteiger partial charge in [-0.25, -0.2) is 14.2 Å². The number of carbonyl (C=O) groups is 3. The second-order valence-corrected chi connectivity index (χ2v) is 33.4. The Morgan fingerprint density at radius 3 is 1.19 bits per heavy atom. The lowest BCUT2D eigenvalue weighted by molar-refractivity contribution is -0.156. The highest BCUT2D eigenvalue weighted by atomic mass is 31.2. The normalized spacial score (nSPS) is 17.4. The second kappa shape index (κ2) is 59.9. The van der Waals surface area contributed by atoms with Crippen LogP contribution in [0.3, 0.4) is 0 Å². The standard InChI is InChI=1S/C88H150N5O19P/c1-7-10-13-16-19-22-25-28-31-34-37-40-43-46-49-52-58-104-75-62-72(63-76(105-59-53-50-47-44-41-38-35-32-29-26-23-20-17-14-11-8-2)83(75)107-60-54-51-48-45-42-39-36-33-30-27-24-21-18-15-12-9-3)86(99)91(6)57-61-106-81(95)55-56-82(96)111-73-64-79(92-66-70(4)84(97)89-87(92)100)110-78(73)69-108-113(102,103)112-74-65-80(109-77(74)68-94)93-67-71(5)85(98)90-88(93)101/h62-63,66-67,73-74,77-80,94H,7-61,64-65,68-69H2,1-6H3,(H,102,103)(H,89,97,100)(H,90,98,101)/t73?,74?,77-,78-,79-,80-/m1/s1. The summed E-state index contributed by atoms with van der Waals surface area (Å²) in [5.41, 5.74) is -2.20. The molecule has 4 heterocycles. The number of likely N-dealkylation sites (N-methyl/N-ethyl adjacent to an activating group) is 1. The molecule has 2 aromatic heterocycles. The fraction of sp³-hybridized carbons (Fsp3) is 0.807. The Labute approximate surface area is 676 Å². The molecule has 1 amide bonds. The number of carbonyl (C=O) groups excluding carboxylic acids is 3. The molecule has 0 saturated carbocycles. The maximum Gasteiger partial charge on any atom is 0.472 e. The molecule has 25 heteroatoms. The average Bonchev–Trinajstić information content (AvgIpc) is 1.66. The van der Waals surface area contributed by atoms with Crippen LogP contribution in [-0.4, -0.2) is 129 Å². The summed E-state index contributed by atoms with van der Waals surface area (Å²) < 4.78 is 69.6. The van der Waals surface area contributed by atoms with E-state index in [1.165, 1.54) is 282 Å². The first-order valence-electron chi connectivity index (χ1n) is 44.8. The van der Waals surface area contributed by atoms with Crippen LogP contribution in [0.1, 0.15) is 389 Å². The third-order valence-corrected chi connectivity index (χ3v) is 23.0. The van der Waals surface area contributed by atoms with E-state index < -0.39 is 105 Å². The number of rotatable bonds is 70. The van der Waals surface area contributed by atoms with Crippen LogP contribution in [0.2, 0.25) is 0 Å². The highest BCUT2D eigenvalue weighted by molar-refractivity contribution is 7.47. The number of esters is 2. The SMILES string of the molecule is CCCCCCCCCCCCCCCCCCOc1cc(C(=O)N(C)CCOC(=O)CCC(=O)OC2C[C@H](n3cc(C)c(=O)[nH]c3=O)O[C@@H]2COP(=O)(O)OC2C[C@H](n3cc(C)c(=O)[nH]c3=O)O[C@@H]2CO)cc(OCCCCCCCCCCCCCCCCCC)c1OCCCCCCCCCCCCCCCCCC. The monoisotopic (exact) mass is 1610 g/mol. The number of aliphatic hydroxyl groups excluding tert-OH is 1. The summed E-state index contributed by atoms with van der Waals surface area (Å²) in [7, 11) is -3.44. The van der Waals surface area contributed by atoms with Gasteiger partial charge in [0.25, 0.3) is 17.0 Å². The second-order valence-electron chi connectivity index (χ2n) is 32.0. The molecular formula is C88H150N5O19P. The molecule has 7 atom stereocenters. The molecule has 1 aromatic carbocycles. The maximum absolute atomic E-state index is 14.5. The van der Waals surface area contributed by atoms with Crippen molar-refractivity contribution in [1.29, 1.82) is 0 Å². The number of benzene rings is 1. The highest BCUT2D eigenvalue weighted by Crippen LogP contribution is 2.49. The van der Waals surface area contributed by atoms with Crippen molar-refractivity contribution < 1.29 is 71.2 Å². The minimum atomic E-state index is -5.06. The molecule has 0 aliphatic carbocycles. The molecule has 0 radical (unpaired) electrons. The first kappa shape index (κ1) is 98.0. The lowest BCUT2D eigenvalue weighted by Crippen LogP contribution is -2.33. The summed E-state index contributed by atoms with van der Waals surface area (Å²) in [6, 6.07) is 3.49. The highest BCUT2D eigenvalue weighted by Gasteiger charge is 2.45. The average molecular weight is 1610 g/mol. The molecule has 0 bridgehead atoms. The Morgan fingerprint density at radius 1 is 0.478 bits per heavy atom. The van der Waals surface area contributed by atoms with Crippen LogP contribution in [0.5, 0.6) is 17.2 Å². The van der Waals surface area contributed by atoms with Crippen molar-refractivity contribution in [3.63, 3.8) is 0 Å². The Hall–Kier alpha value is -5.62. The lowest BCUT2D eigenvalue weighted by Gasteiger charge is -2.23. The molecule has 2 saturated heterocycles. The van der Waals surface area contributed by atoms with Gasteiger partial charge in [-0.1, -0.05) is 310 Å². The third kappa shape index (κ3) is 41.4. The molecule has 5 rings (SSSR count). The van der Waals surface area contributed by atoms with Gasteiger partial charge in [0.15, 0.2) is 11.5 Å². The minimum absolute atomic E-state index is 0.00557. The topological polar surface area (TPSA) is 305 Å². The zero-order valence-corrected chi connectivity index (χ0v) is 71.5. The van der Waals surface area contributed by atoms with E-state index >= 15 is 0 Å². The van der Waals surface area contributed by atoms with E-state index in [2.05, 4.69) is 30.7 Å². The predicted octanol–water partition coefficient (Wildman–Crippen LogP) is 19.7. The number of phosphoric acid groups is 1. The number of hydrogen-bond acceptors (Lipinski definition) is 18. The molecule has 2 aliphatic rings. The molecule has 3 aromatic rings. The summed E-state index contributed by atoms with van der Waals surface area (Å²) in [4.78, 5) is 108. The zero-order chi connectivity index (χ0) is 81.5. The summed E-state index contributed by atoms with van der Waals surface area (Å²) in [5.74, 6) is -0.544. The van der Waals surface area contributed by atoms with Gasteiger partial charge < -0.3 is 48.1 Å². The van der Waals surface area contributed by atoms with Gasteiger partial charge >= 0.3 is 31.1 Å². The number of nitrogens with zero attached hydrogens (tertiary/aromatic N) is 3. The number of nitrogens with one attached hydrogen (secondary N) is 2. The van der Waals surface area contributed by atoms with Crippen LogP contribution in [-0.2, 0) is 42.1 Å². The van der Waals surface area contributed by atoms with Gasteiger partial charge in [0.1, 0.15) is 43.5 Å². The number of aliphatic hydroxyl groups is 1. The number of unbranched alkanes of at least 4 members (excludes halogenated alkanes) is 45. The zero-order valence-electron chi connectivity index (χ0n) is 70.6. The van der Waals surface area contributed by atoms with E-state index in [1.807, 2.05) is 0 Å². The molecule has 0 spiro atoms. The van der Waals surface area contributed by atoms with Gasteiger partial charge in [0.2, 0.25) is 5.75 Å². The van der Waals surface area contributed by atoms with Crippen molar-refractivity contribution in [1.82, 2.24) is 24.0 Å². The van der Waals surface area contributed by atoms with E-state index in [4.69, 9.17) is 42.2 Å². The number of amides is 1. The van der Waals surface area contributed by atoms with Crippen molar-refractivity contribution >= 4 is 25.7 Å². The van der Waals surface area contributed by atoms with Crippen molar-refractivity contribution in [2.45, 2.75) is 405 Å². The van der Waals surface area contributed by atoms with Gasteiger partial charge in [-0.05, 0) is 45.2 Å². The van der Waals surface area contributed by atoms with Crippen LogP contribution < -0.4 is 36.7 Å². The van der Waals surface area contributed by atoms with Crippen LogP contribution in [0.25, 0.3) is 0 Å². The van der Waals surface area contributed by atoms with Crippen molar-refractivity contribution in [2.75, 3.05) is 53.2 Å². The van der Waals surface area contributed by atoms with E-state index in [0.29, 0.717) is 42.6 Å². The Bertz CT molecular complexity index is 3300. The number of ether oxygens (including phenoxy) is 7. The smallest absolute Gasteiger partial charge is 0.472 e. The molecule has 3 unspecified atom stereocenters. The molecule has 4 N–H and O–H groups in total. The van der Waals surface area contributed by atoms with Crippen LogP contribution in [0, 0.1) is 13.8 Å². The Morgan fingerprint density at radius 2 is 0.814 bits per heavy atom. The minimum Gasteiger partial charge on any atom is -0.490 e.